The summed E-state index contributed by atoms with van der Waals surface area (Å²) in [5, 5.41) is 0. The molecule has 1 aliphatic heterocycles. The van der Waals surface area contributed by atoms with Crippen molar-refractivity contribution in [2.75, 3.05) is 32.8 Å². The van der Waals surface area contributed by atoms with Crippen molar-refractivity contribution in [1.82, 2.24) is 14.4 Å². The van der Waals surface area contributed by atoms with Gasteiger partial charge in [-0.15, -0.1) is 0 Å². The van der Waals surface area contributed by atoms with Crippen molar-refractivity contribution in [1.29, 1.82) is 0 Å². The number of rotatable bonds is 4. The first-order valence-corrected chi connectivity index (χ1v) is 8.91. The zero-order valence-corrected chi connectivity index (χ0v) is 15.4. The van der Waals surface area contributed by atoms with Crippen molar-refractivity contribution in [3.8, 4) is 5.75 Å². The Bertz CT molecular complexity index is 767. The smallest absolute Gasteiger partial charge is 0.260 e. The lowest BCUT2D eigenvalue weighted by atomic mass is 10.2. The van der Waals surface area contributed by atoms with Gasteiger partial charge in [-0.25, -0.2) is 0 Å². The zero-order chi connectivity index (χ0) is 18.5. The summed E-state index contributed by atoms with van der Waals surface area (Å²) in [5.41, 5.74) is 1.84. The second-order valence-electron chi connectivity index (χ2n) is 6.69. The topological polar surface area (TPSA) is 54.8 Å². The number of nitrogens with zero attached hydrogens (tertiary/aromatic N) is 3. The summed E-state index contributed by atoms with van der Waals surface area (Å²) < 4.78 is 7.45. The van der Waals surface area contributed by atoms with E-state index in [-0.39, 0.29) is 18.4 Å². The Morgan fingerprint density at radius 1 is 1.00 bits per heavy atom. The van der Waals surface area contributed by atoms with Crippen LogP contribution in [0.4, 0.5) is 0 Å². The monoisotopic (exact) mass is 355 g/mol. The van der Waals surface area contributed by atoms with Gasteiger partial charge in [0.25, 0.3) is 11.8 Å². The fourth-order valence-corrected chi connectivity index (χ4v) is 3.05. The van der Waals surface area contributed by atoms with Gasteiger partial charge in [0.2, 0.25) is 0 Å². The number of carbonyl (C=O) groups excluding carboxylic acids is 2. The molecule has 2 heterocycles. The Balaban J connectivity index is 1.52. The van der Waals surface area contributed by atoms with Gasteiger partial charge in [-0.2, -0.15) is 0 Å². The molecule has 0 aliphatic carbocycles. The molecule has 2 amide bonds. The first-order valence-electron chi connectivity index (χ1n) is 8.91. The largest absolute Gasteiger partial charge is 0.484 e. The van der Waals surface area contributed by atoms with Crippen molar-refractivity contribution < 1.29 is 14.3 Å². The van der Waals surface area contributed by atoms with Crippen LogP contribution in [0.25, 0.3) is 0 Å². The van der Waals surface area contributed by atoms with Gasteiger partial charge < -0.3 is 19.1 Å². The van der Waals surface area contributed by atoms with E-state index >= 15 is 0 Å². The average Bonchev–Trinajstić information content (AvgIpc) is 2.92. The molecule has 26 heavy (non-hydrogen) atoms. The Morgan fingerprint density at radius 3 is 2.38 bits per heavy atom. The SMILES string of the molecule is Cc1ccc(OCC(=O)N2CCCN(C(=O)c3ccn(C)c3)CC2)cc1. The summed E-state index contributed by atoms with van der Waals surface area (Å²) in [5.74, 6) is 0.676. The lowest BCUT2D eigenvalue weighted by molar-refractivity contribution is -0.133. The molecule has 0 unspecified atom stereocenters. The maximum atomic E-state index is 12.6. The van der Waals surface area contributed by atoms with Crippen LogP contribution in [0.15, 0.2) is 42.7 Å². The molecule has 0 bridgehead atoms. The van der Waals surface area contributed by atoms with Crippen LogP contribution in [0.3, 0.4) is 0 Å². The number of benzene rings is 1. The predicted octanol–water partition coefficient (Wildman–Crippen LogP) is 2.09. The van der Waals surface area contributed by atoms with Crippen LogP contribution in [0.1, 0.15) is 22.3 Å². The van der Waals surface area contributed by atoms with Crippen molar-refractivity contribution in [2.24, 2.45) is 7.05 Å². The number of carbonyl (C=O) groups is 2. The molecule has 1 saturated heterocycles. The quantitative estimate of drug-likeness (QED) is 0.844. The second-order valence-corrected chi connectivity index (χ2v) is 6.69. The minimum Gasteiger partial charge on any atom is -0.484 e. The molecule has 3 rings (SSSR count). The first-order chi connectivity index (χ1) is 12.5. The molecule has 6 heteroatoms. The molecule has 2 aromatic rings. The lowest BCUT2D eigenvalue weighted by Gasteiger charge is -2.22. The zero-order valence-electron chi connectivity index (χ0n) is 15.4. The summed E-state index contributed by atoms with van der Waals surface area (Å²) >= 11 is 0. The normalized spacial score (nSPS) is 14.8. The van der Waals surface area contributed by atoms with Crippen LogP contribution in [0.2, 0.25) is 0 Å². The average molecular weight is 355 g/mol. The first kappa shape index (κ1) is 18.0. The molecule has 0 N–H and O–H groups in total. The van der Waals surface area contributed by atoms with Crippen molar-refractivity contribution in [3.63, 3.8) is 0 Å². The van der Waals surface area contributed by atoms with Gasteiger partial charge >= 0.3 is 0 Å². The van der Waals surface area contributed by atoms with Crippen LogP contribution in [0, 0.1) is 6.92 Å². The number of hydrogen-bond donors (Lipinski definition) is 0. The van der Waals surface area contributed by atoms with E-state index < -0.39 is 0 Å². The van der Waals surface area contributed by atoms with Gasteiger partial charge in [-0.3, -0.25) is 9.59 Å². The van der Waals surface area contributed by atoms with Gasteiger partial charge in [0.05, 0.1) is 5.56 Å². The fraction of sp³-hybridized carbons (Fsp3) is 0.400. The highest BCUT2D eigenvalue weighted by molar-refractivity contribution is 5.94. The molecule has 0 spiro atoms. The van der Waals surface area contributed by atoms with E-state index in [1.54, 1.807) is 4.90 Å². The van der Waals surface area contributed by atoms with Crippen molar-refractivity contribution in [2.45, 2.75) is 13.3 Å². The molecule has 1 aromatic heterocycles. The van der Waals surface area contributed by atoms with E-state index in [1.165, 1.54) is 0 Å². The highest BCUT2D eigenvalue weighted by Crippen LogP contribution is 2.13. The third kappa shape index (κ3) is 4.45. The molecule has 138 valence electrons. The number of aromatic nitrogens is 1. The van der Waals surface area contributed by atoms with E-state index in [1.807, 2.05) is 66.2 Å². The summed E-state index contributed by atoms with van der Waals surface area (Å²) in [6.07, 6.45) is 4.46. The highest BCUT2D eigenvalue weighted by Gasteiger charge is 2.23. The van der Waals surface area contributed by atoms with Gasteiger partial charge in [-0.05, 0) is 31.5 Å². The number of amides is 2. The minimum atomic E-state index is -0.0421. The number of hydrogen-bond acceptors (Lipinski definition) is 3. The Hall–Kier alpha value is -2.76. The van der Waals surface area contributed by atoms with Gasteiger partial charge in [0, 0.05) is 45.6 Å². The molecule has 6 nitrogen and oxygen atoms in total. The van der Waals surface area contributed by atoms with Crippen LogP contribution < -0.4 is 4.74 Å². The number of ether oxygens (including phenoxy) is 1. The molecular formula is C20H25N3O3. The summed E-state index contributed by atoms with van der Waals surface area (Å²) in [7, 11) is 1.90. The molecule has 0 saturated carbocycles. The molecular weight excluding hydrogens is 330 g/mol. The Labute approximate surface area is 154 Å². The van der Waals surface area contributed by atoms with E-state index in [0.29, 0.717) is 37.5 Å². The maximum Gasteiger partial charge on any atom is 0.260 e. The van der Waals surface area contributed by atoms with E-state index in [4.69, 9.17) is 4.74 Å². The van der Waals surface area contributed by atoms with Crippen LogP contribution in [-0.4, -0.2) is 59.0 Å². The Morgan fingerprint density at radius 2 is 1.69 bits per heavy atom. The van der Waals surface area contributed by atoms with Gasteiger partial charge in [0.15, 0.2) is 6.61 Å². The van der Waals surface area contributed by atoms with E-state index in [9.17, 15) is 9.59 Å². The standard InChI is InChI=1S/C20H25N3O3/c1-16-4-6-18(7-5-16)26-15-19(24)22-9-3-10-23(13-12-22)20(25)17-8-11-21(2)14-17/h4-8,11,14H,3,9-10,12-13,15H2,1-2H3. The molecule has 1 fully saturated rings. The maximum absolute atomic E-state index is 12.6. The summed E-state index contributed by atoms with van der Waals surface area (Å²) in [4.78, 5) is 28.6. The van der Waals surface area contributed by atoms with Crippen molar-refractivity contribution >= 4 is 11.8 Å². The van der Waals surface area contributed by atoms with E-state index in [2.05, 4.69) is 0 Å². The van der Waals surface area contributed by atoms with Crippen molar-refractivity contribution in [3.05, 3.63) is 53.9 Å². The predicted molar refractivity (Wildman–Crippen MR) is 99.2 cm³/mol. The minimum absolute atomic E-state index is 0.0235. The van der Waals surface area contributed by atoms with Crippen LogP contribution >= 0.6 is 0 Å². The molecule has 0 atom stereocenters. The third-order valence-corrected chi connectivity index (χ3v) is 4.60. The second kappa shape index (κ2) is 8.08. The van der Waals surface area contributed by atoms with E-state index in [0.717, 1.165) is 12.0 Å². The Kier molecular flexibility index (Phi) is 5.61. The third-order valence-electron chi connectivity index (χ3n) is 4.60. The highest BCUT2D eigenvalue weighted by atomic mass is 16.5. The molecule has 1 aliphatic rings. The molecule has 0 radical (unpaired) electrons. The molecule has 1 aromatic carbocycles. The number of aryl methyl sites for hydroxylation is 2. The summed E-state index contributed by atoms with van der Waals surface area (Å²) in [6.45, 7) is 4.42. The van der Waals surface area contributed by atoms with Gasteiger partial charge in [0.1, 0.15) is 5.75 Å². The fourth-order valence-electron chi connectivity index (χ4n) is 3.05. The van der Waals surface area contributed by atoms with Crippen LogP contribution in [-0.2, 0) is 11.8 Å². The summed E-state index contributed by atoms with van der Waals surface area (Å²) in [6, 6.07) is 9.47. The van der Waals surface area contributed by atoms with Crippen LogP contribution in [0.5, 0.6) is 5.75 Å². The lowest BCUT2D eigenvalue weighted by Crippen LogP contribution is -2.39. The van der Waals surface area contributed by atoms with Gasteiger partial charge in [-0.1, -0.05) is 17.7 Å².